The zero-order valence-corrected chi connectivity index (χ0v) is 14.1. The van der Waals surface area contributed by atoms with E-state index in [4.69, 9.17) is 4.98 Å². The second kappa shape index (κ2) is 6.41. The Hall–Kier alpha value is -3.12. The van der Waals surface area contributed by atoms with E-state index < -0.39 is 0 Å². The van der Waals surface area contributed by atoms with Crippen LogP contribution < -0.4 is 5.32 Å². The highest BCUT2D eigenvalue weighted by atomic mass is 15.1. The molecule has 4 heterocycles. The van der Waals surface area contributed by atoms with Crippen molar-refractivity contribution in [2.24, 2.45) is 0 Å². The minimum absolute atomic E-state index is 0.743. The van der Waals surface area contributed by atoms with Gasteiger partial charge in [-0.1, -0.05) is 6.07 Å². The highest BCUT2D eigenvalue weighted by Gasteiger charge is 2.14. The minimum atomic E-state index is 0.743. The molecule has 0 unspecified atom stereocenters. The molecular weight excluding hydrogens is 312 g/mol. The van der Waals surface area contributed by atoms with Crippen molar-refractivity contribution >= 4 is 11.0 Å². The van der Waals surface area contributed by atoms with Crippen molar-refractivity contribution in [1.29, 1.82) is 0 Å². The SMILES string of the molecule is CNCc1ccnc2ccc(-c3c[nH]nc3-c3cccc(C)n3)nc12. The number of fused-ring (bicyclic) bond motifs is 1. The van der Waals surface area contributed by atoms with Crippen LogP contribution in [0.1, 0.15) is 11.3 Å². The Kier molecular flexibility index (Phi) is 3.95. The van der Waals surface area contributed by atoms with Crippen molar-refractivity contribution < 1.29 is 0 Å². The van der Waals surface area contributed by atoms with E-state index in [1.54, 1.807) is 0 Å². The van der Waals surface area contributed by atoms with Crippen molar-refractivity contribution in [3.05, 3.63) is 60.0 Å². The third-order valence-electron chi connectivity index (χ3n) is 4.08. The van der Waals surface area contributed by atoms with Gasteiger partial charge in [-0.3, -0.25) is 15.1 Å². The Morgan fingerprint density at radius 3 is 2.80 bits per heavy atom. The molecule has 0 aliphatic heterocycles. The summed E-state index contributed by atoms with van der Waals surface area (Å²) in [5.41, 5.74) is 7.28. The van der Waals surface area contributed by atoms with Crippen molar-refractivity contribution in [2.45, 2.75) is 13.5 Å². The van der Waals surface area contributed by atoms with Gasteiger partial charge in [0, 0.05) is 30.2 Å². The fraction of sp³-hybridized carbons (Fsp3) is 0.158. The highest BCUT2D eigenvalue weighted by Crippen LogP contribution is 2.29. The number of H-pyrrole nitrogens is 1. The number of hydrogen-bond acceptors (Lipinski definition) is 5. The van der Waals surface area contributed by atoms with E-state index in [0.717, 1.165) is 51.5 Å². The van der Waals surface area contributed by atoms with Crippen LogP contribution in [0.25, 0.3) is 33.7 Å². The molecule has 2 N–H and O–H groups in total. The fourth-order valence-corrected chi connectivity index (χ4v) is 2.92. The first-order valence-corrected chi connectivity index (χ1v) is 8.13. The van der Waals surface area contributed by atoms with E-state index >= 15 is 0 Å². The molecule has 0 aromatic carbocycles. The topological polar surface area (TPSA) is 79.4 Å². The molecule has 6 nitrogen and oxygen atoms in total. The second-order valence-electron chi connectivity index (χ2n) is 5.88. The standard InChI is InChI=1S/C19H18N6/c1-12-4-3-5-17(23-12)19-14(11-22-25-19)15-6-7-16-18(24-15)13(10-20-2)8-9-21-16/h3-9,11,20H,10H2,1-2H3,(H,22,25). The van der Waals surface area contributed by atoms with Gasteiger partial charge in [-0.2, -0.15) is 5.10 Å². The van der Waals surface area contributed by atoms with Crippen molar-refractivity contribution in [3.8, 4) is 22.6 Å². The van der Waals surface area contributed by atoms with E-state index in [0.29, 0.717) is 0 Å². The van der Waals surface area contributed by atoms with Crippen LogP contribution in [0.2, 0.25) is 0 Å². The summed E-state index contributed by atoms with van der Waals surface area (Å²) < 4.78 is 0. The Balaban J connectivity index is 1.86. The number of nitrogens with one attached hydrogen (secondary N) is 2. The smallest absolute Gasteiger partial charge is 0.120 e. The van der Waals surface area contributed by atoms with Gasteiger partial charge in [-0.15, -0.1) is 0 Å². The van der Waals surface area contributed by atoms with Crippen LogP contribution >= 0.6 is 0 Å². The van der Waals surface area contributed by atoms with Crippen molar-refractivity contribution in [1.82, 2.24) is 30.5 Å². The monoisotopic (exact) mass is 330 g/mol. The molecule has 124 valence electrons. The largest absolute Gasteiger partial charge is 0.316 e. The molecule has 0 spiro atoms. The molecule has 0 radical (unpaired) electrons. The third kappa shape index (κ3) is 2.88. The highest BCUT2D eigenvalue weighted by molar-refractivity contribution is 5.84. The predicted molar refractivity (Wildman–Crippen MR) is 97.9 cm³/mol. The lowest BCUT2D eigenvalue weighted by Gasteiger charge is -2.07. The molecule has 0 bridgehead atoms. The molecule has 0 aliphatic rings. The molecule has 0 aliphatic carbocycles. The Morgan fingerprint density at radius 2 is 1.96 bits per heavy atom. The summed E-state index contributed by atoms with van der Waals surface area (Å²) in [5.74, 6) is 0. The van der Waals surface area contributed by atoms with Crippen LogP contribution in [0.4, 0.5) is 0 Å². The second-order valence-corrected chi connectivity index (χ2v) is 5.88. The number of aryl methyl sites for hydroxylation is 1. The Morgan fingerprint density at radius 1 is 1.04 bits per heavy atom. The van der Waals surface area contributed by atoms with Crippen LogP contribution in [0.5, 0.6) is 0 Å². The van der Waals surface area contributed by atoms with E-state index in [-0.39, 0.29) is 0 Å². The number of aromatic amines is 1. The van der Waals surface area contributed by atoms with Gasteiger partial charge < -0.3 is 5.32 Å². The van der Waals surface area contributed by atoms with Gasteiger partial charge in [-0.25, -0.2) is 4.98 Å². The van der Waals surface area contributed by atoms with E-state index in [1.165, 1.54) is 0 Å². The molecule has 0 amide bonds. The van der Waals surface area contributed by atoms with Crippen LogP contribution in [0.3, 0.4) is 0 Å². The summed E-state index contributed by atoms with van der Waals surface area (Å²) in [5, 5.41) is 10.5. The number of pyridine rings is 3. The van der Waals surface area contributed by atoms with Gasteiger partial charge in [-0.05, 0) is 49.9 Å². The molecule has 0 saturated carbocycles. The molecule has 0 saturated heterocycles. The molecule has 0 atom stereocenters. The average Bonchev–Trinajstić information content (AvgIpc) is 3.12. The van der Waals surface area contributed by atoms with E-state index in [1.807, 2.05) is 62.8 Å². The van der Waals surface area contributed by atoms with Gasteiger partial charge in [0.25, 0.3) is 0 Å². The maximum Gasteiger partial charge on any atom is 0.120 e. The summed E-state index contributed by atoms with van der Waals surface area (Å²) in [6.45, 7) is 2.72. The summed E-state index contributed by atoms with van der Waals surface area (Å²) in [4.78, 5) is 13.8. The Bertz CT molecular complexity index is 1040. The summed E-state index contributed by atoms with van der Waals surface area (Å²) in [6, 6.07) is 11.9. The molecular formula is C19H18N6. The van der Waals surface area contributed by atoms with Crippen LogP contribution in [-0.2, 0) is 6.54 Å². The van der Waals surface area contributed by atoms with E-state index in [9.17, 15) is 0 Å². The number of nitrogens with zero attached hydrogens (tertiary/aromatic N) is 4. The minimum Gasteiger partial charge on any atom is -0.316 e. The van der Waals surface area contributed by atoms with Crippen LogP contribution in [0, 0.1) is 6.92 Å². The lowest BCUT2D eigenvalue weighted by atomic mass is 10.1. The van der Waals surface area contributed by atoms with E-state index in [2.05, 4.69) is 25.5 Å². The fourth-order valence-electron chi connectivity index (χ4n) is 2.92. The summed E-state index contributed by atoms with van der Waals surface area (Å²) >= 11 is 0. The molecule has 4 rings (SSSR count). The number of hydrogen-bond donors (Lipinski definition) is 2. The zero-order valence-electron chi connectivity index (χ0n) is 14.1. The van der Waals surface area contributed by atoms with Crippen LogP contribution in [-0.4, -0.2) is 32.2 Å². The van der Waals surface area contributed by atoms with Gasteiger partial charge in [0.05, 0.1) is 22.4 Å². The molecule has 6 heteroatoms. The average molecular weight is 330 g/mol. The van der Waals surface area contributed by atoms with Crippen molar-refractivity contribution in [2.75, 3.05) is 7.05 Å². The van der Waals surface area contributed by atoms with Crippen LogP contribution in [0.15, 0.2) is 48.8 Å². The number of rotatable bonds is 4. The first kappa shape index (κ1) is 15.4. The van der Waals surface area contributed by atoms with Gasteiger partial charge in [0.15, 0.2) is 0 Å². The maximum absolute atomic E-state index is 4.85. The quantitative estimate of drug-likeness (QED) is 0.601. The zero-order chi connectivity index (χ0) is 17.2. The van der Waals surface area contributed by atoms with Gasteiger partial charge in [0.2, 0.25) is 0 Å². The number of aromatic nitrogens is 5. The lowest BCUT2D eigenvalue weighted by molar-refractivity contribution is 0.820. The van der Waals surface area contributed by atoms with Gasteiger partial charge >= 0.3 is 0 Å². The first-order chi connectivity index (χ1) is 12.3. The molecule has 0 fully saturated rings. The molecule has 4 aromatic rings. The summed E-state index contributed by atoms with van der Waals surface area (Å²) in [7, 11) is 1.92. The van der Waals surface area contributed by atoms with Crippen molar-refractivity contribution in [3.63, 3.8) is 0 Å². The predicted octanol–water partition coefficient (Wildman–Crippen LogP) is 3.11. The molecule has 4 aromatic heterocycles. The lowest BCUT2D eigenvalue weighted by Crippen LogP contribution is -2.06. The maximum atomic E-state index is 4.85. The first-order valence-electron chi connectivity index (χ1n) is 8.13. The normalized spacial score (nSPS) is 11.1. The summed E-state index contributed by atoms with van der Waals surface area (Å²) in [6.07, 6.45) is 3.68. The molecule has 25 heavy (non-hydrogen) atoms. The third-order valence-corrected chi connectivity index (χ3v) is 4.08. The van der Waals surface area contributed by atoms with Gasteiger partial charge in [0.1, 0.15) is 5.69 Å². The Labute approximate surface area is 145 Å².